The number of hydrogen-bond donors (Lipinski definition) is 2. The molecule has 0 spiro atoms. The SMILES string of the molecule is NC(=O)SC(=O)NC1CC2CCC1C2. The fraction of sp³-hybridized carbons (Fsp3) is 0.778. The summed E-state index contributed by atoms with van der Waals surface area (Å²) in [6.45, 7) is 0. The van der Waals surface area contributed by atoms with Crippen molar-refractivity contribution in [3.63, 3.8) is 0 Å². The number of nitrogens with two attached hydrogens (primary N) is 1. The zero-order valence-corrected chi connectivity index (χ0v) is 8.68. The summed E-state index contributed by atoms with van der Waals surface area (Å²) in [6.07, 6.45) is 4.85. The molecule has 2 amide bonds. The van der Waals surface area contributed by atoms with Gasteiger partial charge in [0.25, 0.3) is 10.5 Å². The van der Waals surface area contributed by atoms with Gasteiger partial charge in [-0.2, -0.15) is 0 Å². The Bertz CT molecular complexity index is 270. The van der Waals surface area contributed by atoms with Crippen molar-refractivity contribution in [3.05, 3.63) is 0 Å². The number of fused-ring (bicyclic) bond motifs is 2. The van der Waals surface area contributed by atoms with E-state index in [2.05, 4.69) is 5.32 Å². The van der Waals surface area contributed by atoms with Gasteiger partial charge in [-0.3, -0.25) is 9.59 Å². The van der Waals surface area contributed by atoms with Crippen molar-refractivity contribution in [2.45, 2.75) is 31.7 Å². The molecule has 2 aliphatic rings. The predicted molar refractivity (Wildman–Crippen MR) is 54.9 cm³/mol. The molecule has 2 bridgehead atoms. The Morgan fingerprint density at radius 2 is 2.07 bits per heavy atom. The van der Waals surface area contributed by atoms with Gasteiger partial charge in [0, 0.05) is 17.8 Å². The van der Waals surface area contributed by atoms with Gasteiger partial charge in [0.2, 0.25) is 0 Å². The van der Waals surface area contributed by atoms with E-state index in [0.717, 1.165) is 12.3 Å². The lowest BCUT2D eigenvalue weighted by atomic mass is 9.96. The number of amides is 2. The number of carbonyl (C=O) groups excluding carboxylic acids is 2. The number of primary amides is 1. The van der Waals surface area contributed by atoms with E-state index in [-0.39, 0.29) is 11.3 Å². The first-order valence-corrected chi connectivity index (χ1v) is 5.74. The van der Waals surface area contributed by atoms with Crippen LogP contribution in [0.25, 0.3) is 0 Å². The van der Waals surface area contributed by atoms with E-state index in [1.165, 1.54) is 19.3 Å². The third-order valence-corrected chi connectivity index (χ3v) is 3.74. The largest absolute Gasteiger partial charge is 0.360 e. The Hall–Kier alpha value is -0.710. The lowest BCUT2D eigenvalue weighted by Gasteiger charge is -2.22. The maximum absolute atomic E-state index is 11.2. The summed E-state index contributed by atoms with van der Waals surface area (Å²) in [5.41, 5.74) is 4.91. The number of nitrogens with one attached hydrogen (secondary N) is 1. The highest BCUT2D eigenvalue weighted by atomic mass is 32.2. The molecule has 0 heterocycles. The molecule has 2 rings (SSSR count). The van der Waals surface area contributed by atoms with Crippen molar-refractivity contribution in [3.8, 4) is 0 Å². The van der Waals surface area contributed by atoms with Gasteiger partial charge in [-0.1, -0.05) is 6.42 Å². The van der Waals surface area contributed by atoms with Crippen molar-refractivity contribution in [1.82, 2.24) is 5.32 Å². The third kappa shape index (κ3) is 2.03. The molecular weight excluding hydrogens is 200 g/mol. The predicted octanol–water partition coefficient (Wildman–Crippen LogP) is 1.70. The summed E-state index contributed by atoms with van der Waals surface area (Å²) >= 11 is 0.557. The fourth-order valence-corrected chi connectivity index (χ4v) is 3.09. The second-order valence-electron chi connectivity index (χ2n) is 4.13. The highest BCUT2D eigenvalue weighted by Crippen LogP contribution is 2.44. The Labute approximate surface area is 87.0 Å². The molecule has 0 aromatic rings. The van der Waals surface area contributed by atoms with Crippen LogP contribution in [0.5, 0.6) is 0 Å². The normalized spacial score (nSPS) is 34.4. The molecule has 0 radical (unpaired) electrons. The summed E-state index contributed by atoms with van der Waals surface area (Å²) in [5.74, 6) is 1.43. The van der Waals surface area contributed by atoms with E-state index in [0.29, 0.717) is 17.7 Å². The summed E-state index contributed by atoms with van der Waals surface area (Å²) in [6, 6.07) is 0.285. The lowest BCUT2D eigenvalue weighted by molar-refractivity contribution is 0.250. The van der Waals surface area contributed by atoms with Gasteiger partial charge in [-0.05, 0) is 31.1 Å². The number of hydrogen-bond acceptors (Lipinski definition) is 3. The van der Waals surface area contributed by atoms with E-state index in [1.54, 1.807) is 0 Å². The maximum Gasteiger partial charge on any atom is 0.288 e. The second kappa shape index (κ2) is 3.81. The van der Waals surface area contributed by atoms with E-state index in [4.69, 9.17) is 5.73 Å². The summed E-state index contributed by atoms with van der Waals surface area (Å²) < 4.78 is 0. The van der Waals surface area contributed by atoms with E-state index in [1.807, 2.05) is 0 Å². The highest BCUT2D eigenvalue weighted by molar-refractivity contribution is 8.25. The van der Waals surface area contributed by atoms with E-state index >= 15 is 0 Å². The van der Waals surface area contributed by atoms with Gasteiger partial charge < -0.3 is 11.1 Å². The van der Waals surface area contributed by atoms with Crippen molar-refractivity contribution in [1.29, 1.82) is 0 Å². The van der Waals surface area contributed by atoms with Crippen molar-refractivity contribution >= 4 is 22.2 Å². The monoisotopic (exact) mass is 214 g/mol. The second-order valence-corrected chi connectivity index (χ2v) is 5.11. The smallest absolute Gasteiger partial charge is 0.288 e. The molecule has 5 heteroatoms. The zero-order valence-electron chi connectivity index (χ0n) is 7.86. The van der Waals surface area contributed by atoms with Gasteiger partial charge >= 0.3 is 0 Å². The standard InChI is InChI=1S/C9H14N2O2S/c10-8(12)14-9(13)11-7-4-5-1-2-6(7)3-5/h5-7H,1-4H2,(H2,10,12)(H,11,13). The first kappa shape index (κ1) is 9.83. The van der Waals surface area contributed by atoms with Crippen LogP contribution in [-0.4, -0.2) is 16.5 Å². The van der Waals surface area contributed by atoms with Crippen LogP contribution in [0.4, 0.5) is 9.59 Å². The minimum Gasteiger partial charge on any atom is -0.360 e. The number of carbonyl (C=O) groups is 2. The van der Waals surface area contributed by atoms with Gasteiger partial charge in [0.15, 0.2) is 0 Å². The summed E-state index contributed by atoms with van der Waals surface area (Å²) in [4.78, 5) is 21.7. The molecule has 78 valence electrons. The molecule has 3 atom stereocenters. The van der Waals surface area contributed by atoms with Gasteiger partial charge in [-0.25, -0.2) is 0 Å². The molecule has 0 aliphatic heterocycles. The molecule has 3 unspecified atom stereocenters. The zero-order chi connectivity index (χ0) is 10.1. The average Bonchev–Trinajstić information content (AvgIpc) is 2.62. The topological polar surface area (TPSA) is 72.2 Å². The molecule has 0 aromatic carbocycles. The van der Waals surface area contributed by atoms with Crippen LogP contribution in [0.1, 0.15) is 25.7 Å². The molecule has 14 heavy (non-hydrogen) atoms. The highest BCUT2D eigenvalue weighted by Gasteiger charge is 2.40. The van der Waals surface area contributed by atoms with Crippen molar-refractivity contribution < 1.29 is 9.59 Å². The fourth-order valence-electron chi connectivity index (χ4n) is 2.69. The molecule has 2 fully saturated rings. The van der Waals surface area contributed by atoms with Crippen LogP contribution in [0.15, 0.2) is 0 Å². The number of thioether (sulfide) groups is 1. The number of rotatable bonds is 1. The minimum absolute atomic E-state index is 0.285. The molecular formula is C9H14N2O2S. The Balaban J connectivity index is 1.81. The van der Waals surface area contributed by atoms with Gasteiger partial charge in [0.1, 0.15) is 0 Å². The van der Waals surface area contributed by atoms with Crippen LogP contribution in [0.2, 0.25) is 0 Å². The van der Waals surface area contributed by atoms with E-state index in [9.17, 15) is 9.59 Å². The quantitative estimate of drug-likeness (QED) is 0.697. The van der Waals surface area contributed by atoms with Crippen LogP contribution >= 0.6 is 11.8 Å². The molecule has 2 aliphatic carbocycles. The summed E-state index contributed by atoms with van der Waals surface area (Å²) in [5, 5.41) is 1.93. The Kier molecular flexibility index (Phi) is 2.67. The molecule has 4 nitrogen and oxygen atoms in total. The van der Waals surface area contributed by atoms with Crippen molar-refractivity contribution in [2.75, 3.05) is 0 Å². The molecule has 3 N–H and O–H groups in total. The van der Waals surface area contributed by atoms with Crippen LogP contribution in [-0.2, 0) is 0 Å². The minimum atomic E-state index is -0.634. The maximum atomic E-state index is 11.2. The first-order chi connectivity index (χ1) is 6.65. The first-order valence-electron chi connectivity index (χ1n) is 4.93. The van der Waals surface area contributed by atoms with Gasteiger partial charge in [-0.15, -0.1) is 0 Å². The van der Waals surface area contributed by atoms with Crippen LogP contribution < -0.4 is 11.1 Å². The lowest BCUT2D eigenvalue weighted by Crippen LogP contribution is -2.37. The van der Waals surface area contributed by atoms with Crippen molar-refractivity contribution in [2.24, 2.45) is 17.6 Å². The summed E-state index contributed by atoms with van der Waals surface area (Å²) in [7, 11) is 0. The molecule has 0 saturated heterocycles. The van der Waals surface area contributed by atoms with E-state index < -0.39 is 5.24 Å². The Morgan fingerprint density at radius 1 is 1.29 bits per heavy atom. The average molecular weight is 214 g/mol. The Morgan fingerprint density at radius 3 is 2.57 bits per heavy atom. The van der Waals surface area contributed by atoms with Crippen LogP contribution in [0, 0.1) is 11.8 Å². The van der Waals surface area contributed by atoms with Crippen LogP contribution in [0.3, 0.4) is 0 Å². The van der Waals surface area contributed by atoms with Gasteiger partial charge in [0.05, 0.1) is 0 Å². The third-order valence-electron chi connectivity index (χ3n) is 3.23. The molecule has 2 saturated carbocycles. The molecule has 0 aromatic heterocycles.